The number of anilines is 3. The molecule has 1 heterocycles. The molecule has 0 saturated carbocycles. The summed E-state index contributed by atoms with van der Waals surface area (Å²) in [5.74, 6) is 1.32. The third-order valence-electron chi connectivity index (χ3n) is 5.35. The molecule has 7 heteroatoms. The number of amides is 1. The number of nitrogens with zero attached hydrogens (tertiary/aromatic N) is 3. The summed E-state index contributed by atoms with van der Waals surface area (Å²) in [6, 6.07) is 26.5. The Morgan fingerprint density at radius 3 is 2.26 bits per heavy atom. The second-order valence-corrected chi connectivity index (χ2v) is 7.96. The smallest absolute Gasteiger partial charge is 0.246 e. The van der Waals surface area contributed by atoms with Crippen molar-refractivity contribution < 1.29 is 9.53 Å². The highest BCUT2D eigenvalue weighted by Crippen LogP contribution is 2.29. The average molecular weight is 454 g/mol. The molecule has 172 valence electrons. The quantitative estimate of drug-likeness (QED) is 0.385. The Hall–Kier alpha value is -4.23. The Morgan fingerprint density at radius 2 is 1.56 bits per heavy atom. The van der Waals surface area contributed by atoms with Gasteiger partial charge in [0.05, 0.1) is 12.8 Å². The van der Waals surface area contributed by atoms with E-state index in [2.05, 4.69) is 20.6 Å². The number of rotatable bonds is 8. The van der Waals surface area contributed by atoms with Crippen LogP contribution in [0, 0.1) is 0 Å². The van der Waals surface area contributed by atoms with Gasteiger partial charge in [0.25, 0.3) is 0 Å². The van der Waals surface area contributed by atoms with Gasteiger partial charge in [0.15, 0.2) is 0 Å². The lowest BCUT2D eigenvalue weighted by molar-refractivity contribution is -0.120. The van der Waals surface area contributed by atoms with Crippen molar-refractivity contribution in [2.24, 2.45) is 0 Å². The van der Waals surface area contributed by atoms with Crippen LogP contribution >= 0.6 is 0 Å². The van der Waals surface area contributed by atoms with Gasteiger partial charge < -0.3 is 15.4 Å². The first-order chi connectivity index (χ1) is 16.5. The molecule has 0 aliphatic carbocycles. The molecular weight excluding hydrogens is 426 g/mol. The molecule has 0 bridgehead atoms. The fourth-order valence-electron chi connectivity index (χ4n) is 3.74. The number of methoxy groups -OCH3 is 1. The van der Waals surface area contributed by atoms with Crippen molar-refractivity contribution in [1.29, 1.82) is 0 Å². The van der Waals surface area contributed by atoms with E-state index in [0.717, 1.165) is 33.9 Å². The summed E-state index contributed by atoms with van der Waals surface area (Å²) in [7, 11) is 5.43. The first kappa shape index (κ1) is 22.9. The summed E-state index contributed by atoms with van der Waals surface area (Å²) in [4.78, 5) is 23.6. The van der Waals surface area contributed by atoms with Crippen LogP contribution < -0.4 is 15.4 Å². The van der Waals surface area contributed by atoms with Gasteiger partial charge >= 0.3 is 0 Å². The van der Waals surface area contributed by atoms with Gasteiger partial charge in [-0.25, -0.2) is 9.97 Å². The monoisotopic (exact) mass is 453 g/mol. The first-order valence-electron chi connectivity index (χ1n) is 10.9. The molecule has 1 unspecified atom stereocenters. The molecule has 1 amide bonds. The maximum absolute atomic E-state index is 13.0. The molecule has 7 nitrogen and oxygen atoms in total. The topological polar surface area (TPSA) is 79.4 Å². The molecule has 0 aliphatic heterocycles. The fourth-order valence-corrected chi connectivity index (χ4v) is 3.74. The van der Waals surface area contributed by atoms with E-state index in [1.807, 2.05) is 104 Å². The van der Waals surface area contributed by atoms with Gasteiger partial charge in [0.1, 0.15) is 23.9 Å². The molecule has 0 spiro atoms. The Morgan fingerprint density at radius 1 is 0.882 bits per heavy atom. The van der Waals surface area contributed by atoms with Gasteiger partial charge in [0.2, 0.25) is 5.91 Å². The number of carbonyl (C=O) groups excluding carboxylic acids is 1. The van der Waals surface area contributed by atoms with E-state index in [-0.39, 0.29) is 11.9 Å². The Balaban J connectivity index is 1.46. The Labute approximate surface area is 199 Å². The van der Waals surface area contributed by atoms with E-state index in [4.69, 9.17) is 4.74 Å². The van der Waals surface area contributed by atoms with E-state index in [9.17, 15) is 4.79 Å². The number of benzene rings is 3. The molecule has 4 rings (SSSR count). The predicted molar refractivity (Wildman–Crippen MR) is 135 cm³/mol. The normalized spacial score (nSPS) is 11.6. The van der Waals surface area contributed by atoms with Crippen LogP contribution in [0.1, 0.15) is 11.6 Å². The number of aromatic nitrogens is 2. The standard InChI is InChI=1S/C27H27N5O2/c1-32(2)26(19-9-5-4-6-10-19)27(33)31-21-15-13-20(14-16-21)30-25-17-23(28-18-29-25)22-11-7-8-12-24(22)34-3/h4-18,26H,1-3H3,(H,31,33)(H,28,29,30). The average Bonchev–Trinajstić information content (AvgIpc) is 2.86. The summed E-state index contributed by atoms with van der Waals surface area (Å²) in [5, 5.41) is 6.29. The van der Waals surface area contributed by atoms with E-state index in [1.54, 1.807) is 7.11 Å². The van der Waals surface area contributed by atoms with Gasteiger partial charge in [0, 0.05) is 23.0 Å². The summed E-state index contributed by atoms with van der Waals surface area (Å²) < 4.78 is 5.44. The lowest BCUT2D eigenvalue weighted by Crippen LogP contribution is -2.32. The van der Waals surface area contributed by atoms with Crippen LogP contribution in [0.2, 0.25) is 0 Å². The summed E-state index contributed by atoms with van der Waals surface area (Å²) in [6.07, 6.45) is 1.52. The van der Waals surface area contributed by atoms with Gasteiger partial charge in [-0.2, -0.15) is 0 Å². The number of ether oxygens (including phenoxy) is 1. The molecule has 0 fully saturated rings. The van der Waals surface area contributed by atoms with Gasteiger partial charge in [-0.05, 0) is 56.1 Å². The lowest BCUT2D eigenvalue weighted by Gasteiger charge is -2.24. The van der Waals surface area contributed by atoms with Crippen LogP contribution in [0.4, 0.5) is 17.2 Å². The molecule has 34 heavy (non-hydrogen) atoms. The highest BCUT2D eigenvalue weighted by Gasteiger charge is 2.22. The van der Waals surface area contributed by atoms with Crippen LogP contribution in [-0.4, -0.2) is 42.0 Å². The van der Waals surface area contributed by atoms with E-state index in [0.29, 0.717) is 5.82 Å². The maximum Gasteiger partial charge on any atom is 0.246 e. The van der Waals surface area contributed by atoms with Crippen molar-refractivity contribution in [1.82, 2.24) is 14.9 Å². The minimum absolute atomic E-state index is 0.0887. The van der Waals surface area contributed by atoms with Crippen LogP contribution in [0.15, 0.2) is 91.3 Å². The molecule has 0 saturated heterocycles. The van der Waals surface area contributed by atoms with Crippen LogP contribution in [0.5, 0.6) is 5.75 Å². The van der Waals surface area contributed by atoms with Crippen molar-refractivity contribution in [3.63, 3.8) is 0 Å². The predicted octanol–water partition coefficient (Wildman–Crippen LogP) is 5.14. The van der Waals surface area contributed by atoms with Crippen LogP contribution in [0.3, 0.4) is 0 Å². The number of nitrogens with one attached hydrogen (secondary N) is 2. The molecule has 2 N–H and O–H groups in total. The summed E-state index contributed by atoms with van der Waals surface area (Å²) in [5.41, 5.74) is 4.15. The second-order valence-electron chi connectivity index (χ2n) is 7.96. The zero-order valence-electron chi connectivity index (χ0n) is 19.4. The summed E-state index contributed by atoms with van der Waals surface area (Å²) in [6.45, 7) is 0. The van der Waals surface area contributed by atoms with Gasteiger partial charge in [-0.15, -0.1) is 0 Å². The van der Waals surface area contributed by atoms with E-state index in [1.165, 1.54) is 6.33 Å². The number of para-hydroxylation sites is 1. The molecular formula is C27H27N5O2. The lowest BCUT2D eigenvalue weighted by atomic mass is 10.1. The molecule has 1 atom stereocenters. The SMILES string of the molecule is COc1ccccc1-c1cc(Nc2ccc(NC(=O)C(c3ccccc3)N(C)C)cc2)ncn1. The molecule has 0 aliphatic rings. The Kier molecular flexibility index (Phi) is 7.15. The van der Waals surface area contributed by atoms with Crippen molar-refractivity contribution >= 4 is 23.1 Å². The second kappa shape index (κ2) is 10.6. The zero-order chi connectivity index (χ0) is 23.9. The minimum atomic E-state index is -0.381. The minimum Gasteiger partial charge on any atom is -0.496 e. The van der Waals surface area contributed by atoms with Gasteiger partial charge in [-0.3, -0.25) is 9.69 Å². The van der Waals surface area contributed by atoms with Crippen LogP contribution in [0.25, 0.3) is 11.3 Å². The van der Waals surface area contributed by atoms with Gasteiger partial charge in [-0.1, -0.05) is 42.5 Å². The molecule has 0 radical (unpaired) electrons. The molecule has 3 aromatic carbocycles. The number of likely N-dealkylation sites (N-methyl/N-ethyl adjacent to an activating group) is 1. The third kappa shape index (κ3) is 5.39. The van der Waals surface area contributed by atoms with E-state index < -0.39 is 0 Å². The van der Waals surface area contributed by atoms with E-state index >= 15 is 0 Å². The number of hydrogen-bond acceptors (Lipinski definition) is 6. The summed E-state index contributed by atoms with van der Waals surface area (Å²) >= 11 is 0. The maximum atomic E-state index is 13.0. The van der Waals surface area contributed by atoms with Crippen molar-refractivity contribution in [3.05, 3.63) is 96.8 Å². The largest absolute Gasteiger partial charge is 0.496 e. The molecule has 1 aromatic heterocycles. The molecule has 4 aromatic rings. The highest BCUT2D eigenvalue weighted by molar-refractivity contribution is 5.95. The van der Waals surface area contributed by atoms with Crippen molar-refractivity contribution in [2.45, 2.75) is 6.04 Å². The third-order valence-corrected chi connectivity index (χ3v) is 5.35. The number of carbonyl (C=O) groups is 1. The van der Waals surface area contributed by atoms with Crippen molar-refractivity contribution in [3.8, 4) is 17.0 Å². The highest BCUT2D eigenvalue weighted by atomic mass is 16.5. The van der Waals surface area contributed by atoms with Crippen LogP contribution in [-0.2, 0) is 4.79 Å². The van der Waals surface area contributed by atoms with Crippen molar-refractivity contribution in [2.75, 3.05) is 31.8 Å². The fraction of sp³-hybridized carbons (Fsp3) is 0.148. The first-order valence-corrected chi connectivity index (χ1v) is 10.9. The Bertz CT molecular complexity index is 1240. The zero-order valence-corrected chi connectivity index (χ0v) is 19.4. The number of hydrogen-bond donors (Lipinski definition) is 2.